The van der Waals surface area contributed by atoms with Crippen molar-refractivity contribution < 1.29 is 9.72 Å². The van der Waals surface area contributed by atoms with Crippen molar-refractivity contribution in [2.24, 2.45) is 0 Å². The number of nitro benzene ring substituents is 1. The normalized spacial score (nSPS) is 16.6. The van der Waals surface area contributed by atoms with Gasteiger partial charge in [-0.05, 0) is 31.2 Å². The molecule has 1 saturated heterocycles. The number of pyridine rings is 1. The molecule has 2 aromatic rings. The Morgan fingerprint density at radius 2 is 1.89 bits per heavy atom. The molecule has 1 aromatic heterocycles. The maximum Gasteiger partial charge on any atom is 0.269 e. The van der Waals surface area contributed by atoms with Gasteiger partial charge in [-0.3, -0.25) is 29.7 Å². The minimum atomic E-state index is -0.460. The van der Waals surface area contributed by atoms with Crippen LogP contribution in [0.25, 0.3) is 0 Å². The molecule has 1 fully saturated rings. The Hall–Kier alpha value is -2.84. The van der Waals surface area contributed by atoms with Crippen LogP contribution in [0.5, 0.6) is 0 Å². The van der Waals surface area contributed by atoms with Gasteiger partial charge in [0, 0.05) is 56.7 Å². The van der Waals surface area contributed by atoms with E-state index in [-0.39, 0.29) is 17.6 Å². The van der Waals surface area contributed by atoms with Crippen LogP contribution in [0.1, 0.15) is 12.6 Å². The topological polar surface area (TPSA) is 91.6 Å². The highest BCUT2D eigenvalue weighted by Gasteiger charge is 2.25. The molecule has 8 heteroatoms. The molecule has 2 heterocycles. The first-order valence-electron chi connectivity index (χ1n) is 8.94. The van der Waals surface area contributed by atoms with Crippen molar-refractivity contribution in [1.82, 2.24) is 14.8 Å². The third-order valence-electron chi connectivity index (χ3n) is 4.79. The molecule has 1 aliphatic heterocycles. The van der Waals surface area contributed by atoms with Gasteiger partial charge < -0.3 is 5.32 Å². The SMILES string of the molecule is CC(C(=O)Nc1ccc([N+](=O)[O-])cc1)N1CCN(Cc2ccccn2)CC1. The van der Waals surface area contributed by atoms with E-state index in [0.29, 0.717) is 5.69 Å². The molecule has 1 atom stereocenters. The van der Waals surface area contributed by atoms with Gasteiger partial charge >= 0.3 is 0 Å². The molecule has 0 radical (unpaired) electrons. The predicted molar refractivity (Wildman–Crippen MR) is 102 cm³/mol. The number of hydrogen-bond acceptors (Lipinski definition) is 6. The van der Waals surface area contributed by atoms with Crippen LogP contribution in [-0.4, -0.2) is 57.8 Å². The average molecular weight is 369 g/mol. The molecule has 8 nitrogen and oxygen atoms in total. The first-order valence-corrected chi connectivity index (χ1v) is 8.94. The molecule has 1 aromatic carbocycles. The van der Waals surface area contributed by atoms with Gasteiger partial charge in [0.15, 0.2) is 0 Å². The summed E-state index contributed by atoms with van der Waals surface area (Å²) in [4.78, 5) is 31.6. The largest absolute Gasteiger partial charge is 0.325 e. The molecular formula is C19H23N5O3. The highest BCUT2D eigenvalue weighted by molar-refractivity contribution is 5.94. The summed E-state index contributed by atoms with van der Waals surface area (Å²) in [6, 6.07) is 11.5. The summed E-state index contributed by atoms with van der Waals surface area (Å²) in [6.45, 7) is 6.08. The number of hydrogen-bond donors (Lipinski definition) is 1. The zero-order valence-corrected chi connectivity index (χ0v) is 15.2. The fraction of sp³-hybridized carbons (Fsp3) is 0.368. The number of rotatable bonds is 6. The highest BCUT2D eigenvalue weighted by atomic mass is 16.6. The van der Waals surface area contributed by atoms with Crippen molar-refractivity contribution in [2.45, 2.75) is 19.5 Å². The molecular weight excluding hydrogens is 346 g/mol. The van der Waals surface area contributed by atoms with Crippen molar-refractivity contribution in [2.75, 3.05) is 31.5 Å². The maximum atomic E-state index is 12.5. The Bertz CT molecular complexity index is 774. The minimum Gasteiger partial charge on any atom is -0.325 e. The molecule has 3 rings (SSSR count). The molecule has 0 aliphatic carbocycles. The summed E-state index contributed by atoms with van der Waals surface area (Å²) in [5.74, 6) is -0.109. The Labute approximate surface area is 158 Å². The lowest BCUT2D eigenvalue weighted by atomic mass is 10.2. The Balaban J connectivity index is 1.48. The van der Waals surface area contributed by atoms with Crippen LogP contribution in [0.2, 0.25) is 0 Å². The van der Waals surface area contributed by atoms with Gasteiger partial charge in [0.05, 0.1) is 16.7 Å². The summed E-state index contributed by atoms with van der Waals surface area (Å²) in [5.41, 5.74) is 1.62. The van der Waals surface area contributed by atoms with E-state index in [2.05, 4.69) is 20.1 Å². The molecule has 0 spiro atoms. The maximum absolute atomic E-state index is 12.5. The molecule has 1 amide bonds. The molecule has 0 saturated carbocycles. The number of nitro groups is 1. The van der Waals surface area contributed by atoms with E-state index in [1.165, 1.54) is 12.1 Å². The second-order valence-corrected chi connectivity index (χ2v) is 6.60. The first kappa shape index (κ1) is 18.9. The molecule has 0 bridgehead atoms. The van der Waals surface area contributed by atoms with Crippen molar-refractivity contribution >= 4 is 17.3 Å². The second kappa shape index (κ2) is 8.70. The van der Waals surface area contributed by atoms with Crippen LogP contribution in [0.4, 0.5) is 11.4 Å². The van der Waals surface area contributed by atoms with Crippen LogP contribution in [-0.2, 0) is 11.3 Å². The Morgan fingerprint density at radius 1 is 1.19 bits per heavy atom. The number of nitrogens with zero attached hydrogens (tertiary/aromatic N) is 4. The molecule has 27 heavy (non-hydrogen) atoms. The van der Waals surface area contributed by atoms with E-state index in [1.54, 1.807) is 18.3 Å². The summed E-state index contributed by atoms with van der Waals surface area (Å²) < 4.78 is 0. The highest BCUT2D eigenvalue weighted by Crippen LogP contribution is 2.16. The number of anilines is 1. The van der Waals surface area contributed by atoms with Crippen molar-refractivity contribution in [3.8, 4) is 0 Å². The number of amides is 1. The van der Waals surface area contributed by atoms with E-state index < -0.39 is 4.92 Å². The predicted octanol–water partition coefficient (Wildman–Crippen LogP) is 2.13. The van der Waals surface area contributed by atoms with Gasteiger partial charge in [-0.1, -0.05) is 6.07 Å². The van der Waals surface area contributed by atoms with E-state index >= 15 is 0 Å². The summed E-state index contributed by atoms with van der Waals surface area (Å²) in [5, 5.41) is 13.5. The Morgan fingerprint density at radius 3 is 2.48 bits per heavy atom. The van der Waals surface area contributed by atoms with Gasteiger partial charge in [0.1, 0.15) is 0 Å². The first-order chi connectivity index (χ1) is 13.0. The molecule has 1 unspecified atom stereocenters. The monoisotopic (exact) mass is 369 g/mol. The summed E-state index contributed by atoms with van der Waals surface area (Å²) >= 11 is 0. The van der Waals surface area contributed by atoms with Gasteiger partial charge in [-0.15, -0.1) is 0 Å². The summed E-state index contributed by atoms with van der Waals surface area (Å²) in [7, 11) is 0. The van der Waals surface area contributed by atoms with Crippen LogP contribution < -0.4 is 5.32 Å². The number of carbonyl (C=O) groups is 1. The van der Waals surface area contributed by atoms with Crippen LogP contribution in [0.15, 0.2) is 48.7 Å². The smallest absolute Gasteiger partial charge is 0.269 e. The number of piperazine rings is 1. The van der Waals surface area contributed by atoms with Gasteiger partial charge in [0.2, 0.25) is 5.91 Å². The quantitative estimate of drug-likeness (QED) is 0.620. The van der Waals surface area contributed by atoms with Crippen molar-refractivity contribution in [3.63, 3.8) is 0 Å². The number of benzene rings is 1. The van der Waals surface area contributed by atoms with Crippen LogP contribution >= 0.6 is 0 Å². The molecule has 142 valence electrons. The lowest BCUT2D eigenvalue weighted by molar-refractivity contribution is -0.384. The average Bonchev–Trinajstić information content (AvgIpc) is 2.69. The number of carbonyl (C=O) groups excluding carboxylic acids is 1. The Kier molecular flexibility index (Phi) is 6.10. The number of non-ortho nitro benzene ring substituents is 1. The van der Waals surface area contributed by atoms with Crippen molar-refractivity contribution in [3.05, 3.63) is 64.5 Å². The number of nitrogens with one attached hydrogen (secondary N) is 1. The molecule has 1 aliphatic rings. The fourth-order valence-electron chi connectivity index (χ4n) is 3.11. The van der Waals surface area contributed by atoms with Gasteiger partial charge in [-0.25, -0.2) is 0 Å². The fourth-order valence-corrected chi connectivity index (χ4v) is 3.11. The molecule has 1 N–H and O–H groups in total. The number of aromatic nitrogens is 1. The van der Waals surface area contributed by atoms with Crippen LogP contribution in [0.3, 0.4) is 0 Å². The van der Waals surface area contributed by atoms with E-state index in [1.807, 2.05) is 25.1 Å². The minimum absolute atomic E-state index is 0.00470. The lowest BCUT2D eigenvalue weighted by Crippen LogP contribution is -2.52. The third kappa shape index (κ3) is 5.08. The van der Waals surface area contributed by atoms with Crippen LogP contribution in [0, 0.1) is 10.1 Å². The van der Waals surface area contributed by atoms with E-state index in [9.17, 15) is 14.9 Å². The lowest BCUT2D eigenvalue weighted by Gasteiger charge is -2.37. The van der Waals surface area contributed by atoms with Gasteiger partial charge in [-0.2, -0.15) is 0 Å². The standard InChI is InChI=1S/C19H23N5O3/c1-15(19(25)21-16-5-7-18(8-6-16)24(26)27)23-12-10-22(11-13-23)14-17-4-2-3-9-20-17/h2-9,15H,10-14H2,1H3,(H,21,25). The summed E-state index contributed by atoms with van der Waals surface area (Å²) in [6.07, 6.45) is 1.80. The van der Waals surface area contributed by atoms with E-state index in [4.69, 9.17) is 0 Å². The van der Waals surface area contributed by atoms with Crippen molar-refractivity contribution in [1.29, 1.82) is 0 Å². The third-order valence-corrected chi connectivity index (χ3v) is 4.79. The van der Waals surface area contributed by atoms with Gasteiger partial charge in [0.25, 0.3) is 5.69 Å². The zero-order chi connectivity index (χ0) is 19.2. The second-order valence-electron chi connectivity index (χ2n) is 6.60. The van der Waals surface area contributed by atoms with E-state index in [0.717, 1.165) is 38.4 Å². The zero-order valence-electron chi connectivity index (χ0n) is 15.2.